The molecule has 14 heavy (non-hydrogen) atoms. The number of hydrogen-bond donors (Lipinski definition) is 0. The van der Waals surface area contributed by atoms with Gasteiger partial charge >= 0.3 is 0 Å². The molecule has 1 aromatic rings. The highest BCUT2D eigenvalue weighted by atomic mass is 19.3. The van der Waals surface area contributed by atoms with Crippen LogP contribution in [0.5, 0.6) is 0 Å². The molecule has 5 heteroatoms. The Labute approximate surface area is 77.3 Å². The van der Waals surface area contributed by atoms with Crippen LogP contribution in [0.25, 0.3) is 0 Å². The van der Waals surface area contributed by atoms with Crippen LogP contribution in [0.2, 0.25) is 0 Å². The lowest BCUT2D eigenvalue weighted by Crippen LogP contribution is -2.02. The van der Waals surface area contributed by atoms with E-state index in [1.54, 1.807) is 0 Å². The van der Waals surface area contributed by atoms with Gasteiger partial charge in [0.25, 0.3) is 6.43 Å². The van der Waals surface area contributed by atoms with E-state index in [0.29, 0.717) is 6.07 Å². The largest absolute Gasteiger partial charge is 0.294 e. The van der Waals surface area contributed by atoms with E-state index in [0.717, 1.165) is 6.92 Å². The molecule has 0 fully saturated rings. The van der Waals surface area contributed by atoms with Crippen molar-refractivity contribution in [3.05, 3.63) is 34.9 Å². The summed E-state index contributed by atoms with van der Waals surface area (Å²) >= 11 is 0. The molecule has 1 nitrogen and oxygen atoms in total. The number of halogens is 4. The van der Waals surface area contributed by atoms with Gasteiger partial charge in [-0.3, -0.25) is 4.79 Å². The maximum Gasteiger partial charge on any atom is 0.266 e. The quantitative estimate of drug-likeness (QED) is 0.536. The Balaban J connectivity index is 3.34. The highest BCUT2D eigenvalue weighted by molar-refractivity contribution is 5.94. The van der Waals surface area contributed by atoms with E-state index in [2.05, 4.69) is 0 Å². The molecule has 0 spiro atoms. The Morgan fingerprint density at radius 3 is 2.21 bits per heavy atom. The number of alkyl halides is 2. The summed E-state index contributed by atoms with van der Waals surface area (Å²) in [6.45, 7) is 1.02. The lowest BCUT2D eigenvalue weighted by molar-refractivity contribution is 0.101. The fraction of sp³-hybridized carbons (Fsp3) is 0.222. The molecule has 0 bridgehead atoms. The second-order valence-corrected chi connectivity index (χ2v) is 2.71. The molecular formula is C9H6F4O. The zero-order valence-corrected chi connectivity index (χ0v) is 7.15. The molecule has 1 aromatic carbocycles. The van der Waals surface area contributed by atoms with E-state index in [1.165, 1.54) is 0 Å². The second kappa shape index (κ2) is 3.77. The van der Waals surface area contributed by atoms with Crippen LogP contribution in [0.1, 0.15) is 29.3 Å². The molecule has 0 radical (unpaired) electrons. The van der Waals surface area contributed by atoms with Crippen molar-refractivity contribution in [2.45, 2.75) is 13.3 Å². The predicted octanol–water partition coefficient (Wildman–Crippen LogP) is 3.11. The lowest BCUT2D eigenvalue weighted by atomic mass is 10.1. The Morgan fingerprint density at radius 1 is 1.21 bits per heavy atom. The molecule has 0 aliphatic heterocycles. The van der Waals surface area contributed by atoms with Crippen molar-refractivity contribution in [2.24, 2.45) is 0 Å². The van der Waals surface area contributed by atoms with E-state index in [1.807, 2.05) is 0 Å². The second-order valence-electron chi connectivity index (χ2n) is 2.71. The minimum Gasteiger partial charge on any atom is -0.294 e. The molecule has 76 valence electrons. The van der Waals surface area contributed by atoms with Gasteiger partial charge in [-0.1, -0.05) is 0 Å². The number of carbonyl (C=O) groups is 1. The number of benzene rings is 1. The lowest BCUT2D eigenvalue weighted by Gasteiger charge is -2.04. The van der Waals surface area contributed by atoms with Gasteiger partial charge in [0, 0.05) is 6.07 Å². The van der Waals surface area contributed by atoms with Gasteiger partial charge in [-0.05, 0) is 13.0 Å². The van der Waals surface area contributed by atoms with Gasteiger partial charge in [-0.25, -0.2) is 17.6 Å². The Hall–Kier alpha value is -1.39. The summed E-state index contributed by atoms with van der Waals surface area (Å²) in [7, 11) is 0. The summed E-state index contributed by atoms with van der Waals surface area (Å²) in [5.74, 6) is -3.19. The van der Waals surface area contributed by atoms with Crippen LogP contribution >= 0.6 is 0 Å². The van der Waals surface area contributed by atoms with E-state index < -0.39 is 35.0 Å². The first kappa shape index (κ1) is 10.7. The molecule has 0 N–H and O–H groups in total. The van der Waals surface area contributed by atoms with Gasteiger partial charge in [-0.15, -0.1) is 0 Å². The van der Waals surface area contributed by atoms with E-state index in [4.69, 9.17) is 0 Å². The van der Waals surface area contributed by atoms with Crippen LogP contribution in [0.4, 0.5) is 17.6 Å². The maximum atomic E-state index is 12.8. The van der Waals surface area contributed by atoms with Crippen molar-refractivity contribution in [3.63, 3.8) is 0 Å². The SMILES string of the molecule is CC(=O)c1cc(C(F)F)c(F)cc1F. The zero-order valence-electron chi connectivity index (χ0n) is 7.15. The minimum atomic E-state index is -3.06. The Kier molecular flexibility index (Phi) is 2.88. The summed E-state index contributed by atoms with van der Waals surface area (Å²) in [6.07, 6.45) is -3.06. The molecule has 0 aliphatic rings. The van der Waals surface area contributed by atoms with Gasteiger partial charge in [0.15, 0.2) is 5.78 Å². The van der Waals surface area contributed by atoms with E-state index in [9.17, 15) is 22.4 Å². The molecule has 0 aromatic heterocycles. The van der Waals surface area contributed by atoms with Crippen LogP contribution in [0.15, 0.2) is 12.1 Å². The average molecular weight is 206 g/mol. The van der Waals surface area contributed by atoms with Crippen molar-refractivity contribution in [1.82, 2.24) is 0 Å². The molecule has 0 unspecified atom stereocenters. The molecule has 0 atom stereocenters. The zero-order chi connectivity index (χ0) is 10.9. The Bertz CT molecular complexity index is 373. The van der Waals surface area contributed by atoms with Gasteiger partial charge in [0.2, 0.25) is 0 Å². The minimum absolute atomic E-state index is 0.290. The number of Topliss-reactive ketones (excluding diaryl/α,β-unsaturated/α-hetero) is 1. The number of carbonyl (C=O) groups excluding carboxylic acids is 1. The van der Waals surface area contributed by atoms with E-state index >= 15 is 0 Å². The Morgan fingerprint density at radius 2 is 1.79 bits per heavy atom. The number of ketones is 1. The summed E-state index contributed by atoms with van der Waals surface area (Å²) in [6, 6.07) is 0.829. The van der Waals surface area contributed by atoms with Crippen molar-refractivity contribution in [3.8, 4) is 0 Å². The van der Waals surface area contributed by atoms with Crippen molar-refractivity contribution < 1.29 is 22.4 Å². The first-order valence-corrected chi connectivity index (χ1v) is 3.71. The maximum absolute atomic E-state index is 12.8. The number of rotatable bonds is 2. The van der Waals surface area contributed by atoms with Gasteiger partial charge in [-0.2, -0.15) is 0 Å². The van der Waals surface area contributed by atoms with Gasteiger partial charge in [0.05, 0.1) is 11.1 Å². The molecule has 0 saturated heterocycles. The first-order chi connectivity index (χ1) is 6.43. The molecule has 0 saturated carbocycles. The number of hydrogen-bond acceptors (Lipinski definition) is 1. The third kappa shape index (κ3) is 1.92. The smallest absolute Gasteiger partial charge is 0.266 e. The van der Waals surface area contributed by atoms with Crippen molar-refractivity contribution in [2.75, 3.05) is 0 Å². The standard InChI is InChI=1S/C9H6F4O/c1-4(14)5-2-6(9(12)13)8(11)3-7(5)10/h2-3,9H,1H3. The van der Waals surface area contributed by atoms with Crippen molar-refractivity contribution >= 4 is 5.78 Å². The van der Waals surface area contributed by atoms with Gasteiger partial charge in [0.1, 0.15) is 11.6 Å². The third-order valence-corrected chi connectivity index (χ3v) is 1.70. The van der Waals surface area contributed by atoms with Crippen LogP contribution in [0, 0.1) is 11.6 Å². The molecule has 1 rings (SSSR count). The first-order valence-electron chi connectivity index (χ1n) is 3.71. The third-order valence-electron chi connectivity index (χ3n) is 1.70. The summed E-state index contributed by atoms with van der Waals surface area (Å²) in [5, 5.41) is 0. The van der Waals surface area contributed by atoms with E-state index in [-0.39, 0.29) is 6.07 Å². The summed E-state index contributed by atoms with van der Waals surface area (Å²) in [4.78, 5) is 10.7. The fourth-order valence-corrected chi connectivity index (χ4v) is 1.00. The summed E-state index contributed by atoms with van der Waals surface area (Å²) in [5.41, 5.74) is -1.49. The average Bonchev–Trinajstić information content (AvgIpc) is 2.02. The summed E-state index contributed by atoms with van der Waals surface area (Å²) < 4.78 is 49.8. The van der Waals surface area contributed by atoms with Gasteiger partial charge < -0.3 is 0 Å². The van der Waals surface area contributed by atoms with Crippen LogP contribution < -0.4 is 0 Å². The monoisotopic (exact) mass is 206 g/mol. The van der Waals surface area contributed by atoms with Crippen LogP contribution in [0.3, 0.4) is 0 Å². The van der Waals surface area contributed by atoms with Crippen LogP contribution in [-0.2, 0) is 0 Å². The predicted molar refractivity (Wildman–Crippen MR) is 41.3 cm³/mol. The molecule has 0 amide bonds. The van der Waals surface area contributed by atoms with Crippen molar-refractivity contribution in [1.29, 1.82) is 0 Å². The topological polar surface area (TPSA) is 17.1 Å². The molecule has 0 aliphatic carbocycles. The molecular weight excluding hydrogens is 200 g/mol. The van der Waals surface area contributed by atoms with Crippen LogP contribution in [-0.4, -0.2) is 5.78 Å². The fourth-order valence-electron chi connectivity index (χ4n) is 1.00. The normalized spacial score (nSPS) is 10.7. The highest BCUT2D eigenvalue weighted by Gasteiger charge is 2.18. The molecule has 0 heterocycles. The highest BCUT2D eigenvalue weighted by Crippen LogP contribution is 2.24.